The van der Waals surface area contributed by atoms with Gasteiger partial charge in [-0.15, -0.1) is 0 Å². The van der Waals surface area contributed by atoms with Gasteiger partial charge in [-0.05, 0) is 45.4 Å². The van der Waals surface area contributed by atoms with Crippen molar-refractivity contribution in [1.29, 1.82) is 0 Å². The second kappa shape index (κ2) is 8.88. The van der Waals surface area contributed by atoms with Crippen molar-refractivity contribution in [2.45, 2.75) is 46.3 Å². The summed E-state index contributed by atoms with van der Waals surface area (Å²) in [5.41, 5.74) is 5.34. The zero-order valence-electron chi connectivity index (χ0n) is 18.0. The predicted molar refractivity (Wildman–Crippen MR) is 118 cm³/mol. The number of nitrogens with zero attached hydrogens (tertiary/aromatic N) is 3. The largest absolute Gasteiger partial charge is 0.444 e. The normalized spacial score (nSPS) is 11.5. The molecular formula is C20H27N5O4S. The fourth-order valence-electron chi connectivity index (χ4n) is 2.77. The Balaban J connectivity index is 1.74. The molecule has 0 aliphatic heterocycles. The molecule has 0 saturated carbocycles. The summed E-state index contributed by atoms with van der Waals surface area (Å²) in [7, 11) is 3.46. The molecule has 1 aromatic carbocycles. The van der Waals surface area contributed by atoms with Crippen LogP contribution >= 0.6 is 11.3 Å². The van der Waals surface area contributed by atoms with Gasteiger partial charge in [0.05, 0.1) is 25.0 Å². The van der Waals surface area contributed by atoms with E-state index in [9.17, 15) is 4.79 Å². The SMILES string of the molecule is CCc1nc(NC(=O)OC(C)(C)C)sc1CN(C)c1nc2cc(NOC)ccc2o1. The van der Waals surface area contributed by atoms with Gasteiger partial charge in [0.25, 0.3) is 6.01 Å². The lowest BCUT2D eigenvalue weighted by molar-refractivity contribution is 0.0636. The zero-order chi connectivity index (χ0) is 21.9. The molecule has 0 bridgehead atoms. The van der Waals surface area contributed by atoms with Crippen LogP contribution in [0.1, 0.15) is 38.3 Å². The first-order valence-electron chi connectivity index (χ1n) is 9.57. The van der Waals surface area contributed by atoms with Gasteiger partial charge >= 0.3 is 6.09 Å². The lowest BCUT2D eigenvalue weighted by Crippen LogP contribution is -2.27. The maximum Gasteiger partial charge on any atom is 0.413 e. The summed E-state index contributed by atoms with van der Waals surface area (Å²) < 4.78 is 11.2. The first-order chi connectivity index (χ1) is 14.2. The minimum atomic E-state index is -0.566. The number of thiazole rings is 1. The second-order valence-corrected chi connectivity index (χ2v) is 8.79. The Hall–Kier alpha value is -2.85. The highest BCUT2D eigenvalue weighted by Gasteiger charge is 2.20. The lowest BCUT2D eigenvalue weighted by atomic mass is 10.2. The fraction of sp³-hybridized carbons (Fsp3) is 0.450. The van der Waals surface area contributed by atoms with Gasteiger partial charge in [-0.3, -0.25) is 15.6 Å². The summed E-state index contributed by atoms with van der Waals surface area (Å²) in [6, 6.07) is 6.05. The van der Waals surface area contributed by atoms with E-state index in [1.807, 2.05) is 57.8 Å². The molecule has 0 radical (unpaired) electrons. The zero-order valence-corrected chi connectivity index (χ0v) is 18.8. The summed E-state index contributed by atoms with van der Waals surface area (Å²) >= 11 is 1.42. The van der Waals surface area contributed by atoms with Crippen molar-refractivity contribution < 1.29 is 18.8 Å². The highest BCUT2D eigenvalue weighted by atomic mass is 32.1. The van der Waals surface area contributed by atoms with Gasteiger partial charge in [-0.1, -0.05) is 18.3 Å². The number of carbonyl (C=O) groups is 1. The first kappa shape index (κ1) is 21.8. The Labute approximate surface area is 179 Å². The number of aromatic nitrogens is 2. The first-order valence-corrected chi connectivity index (χ1v) is 10.4. The molecule has 0 unspecified atom stereocenters. The summed E-state index contributed by atoms with van der Waals surface area (Å²) in [6.07, 6.45) is 0.230. The van der Waals surface area contributed by atoms with Crippen LogP contribution in [0, 0.1) is 0 Å². The molecule has 0 atom stereocenters. The van der Waals surface area contributed by atoms with Gasteiger partial charge in [0.2, 0.25) is 0 Å². The van der Waals surface area contributed by atoms with E-state index in [0.29, 0.717) is 23.3 Å². The van der Waals surface area contributed by atoms with E-state index in [4.69, 9.17) is 14.0 Å². The van der Waals surface area contributed by atoms with Crippen LogP contribution in [0.3, 0.4) is 0 Å². The number of rotatable bonds is 7. The Kier molecular flexibility index (Phi) is 6.47. The molecule has 3 rings (SSSR count). The molecule has 1 amide bonds. The van der Waals surface area contributed by atoms with E-state index < -0.39 is 11.7 Å². The molecule has 2 aromatic heterocycles. The minimum absolute atomic E-state index is 0.497. The summed E-state index contributed by atoms with van der Waals surface area (Å²) in [6.45, 7) is 8.04. The summed E-state index contributed by atoms with van der Waals surface area (Å²) in [5.74, 6) is 0. The summed E-state index contributed by atoms with van der Waals surface area (Å²) in [4.78, 5) is 29.0. The average molecular weight is 434 g/mol. The molecule has 9 nitrogen and oxygen atoms in total. The Bertz CT molecular complexity index is 1020. The molecular weight excluding hydrogens is 406 g/mol. The van der Waals surface area contributed by atoms with Crippen molar-refractivity contribution in [2.75, 3.05) is 29.9 Å². The Morgan fingerprint density at radius 2 is 2.07 bits per heavy atom. The van der Waals surface area contributed by atoms with Crippen LogP contribution < -0.4 is 15.7 Å². The maximum atomic E-state index is 12.0. The van der Waals surface area contributed by atoms with Gasteiger partial charge in [0, 0.05) is 11.9 Å². The molecule has 0 aliphatic carbocycles. The molecule has 30 heavy (non-hydrogen) atoms. The molecule has 0 saturated heterocycles. The monoisotopic (exact) mass is 433 g/mol. The standard InChI is InChI=1S/C20H27N5O4S/c1-7-13-16(30-17(21-13)23-19(26)29-20(2,3)4)11-25(5)18-22-14-10-12(24-27-6)8-9-15(14)28-18/h8-10,24H,7,11H2,1-6H3,(H,21,23,26). The molecule has 10 heteroatoms. The van der Waals surface area contributed by atoms with E-state index in [1.54, 1.807) is 7.11 Å². The third kappa shape index (κ3) is 5.39. The lowest BCUT2D eigenvalue weighted by Gasteiger charge is -2.18. The molecule has 0 aliphatic rings. The average Bonchev–Trinajstić information content (AvgIpc) is 3.23. The third-order valence-electron chi connectivity index (χ3n) is 4.02. The molecule has 2 heterocycles. The van der Waals surface area contributed by atoms with Gasteiger partial charge in [-0.2, -0.15) is 4.98 Å². The number of carbonyl (C=O) groups excluding carboxylic acids is 1. The van der Waals surface area contributed by atoms with Crippen LogP contribution in [0.4, 0.5) is 21.6 Å². The smallest absolute Gasteiger partial charge is 0.413 e. The van der Waals surface area contributed by atoms with Crippen LogP contribution in [-0.4, -0.2) is 35.8 Å². The van der Waals surface area contributed by atoms with Crippen LogP contribution in [0.15, 0.2) is 22.6 Å². The topological polar surface area (TPSA) is 102 Å². The number of hydrogen-bond donors (Lipinski definition) is 2. The second-order valence-electron chi connectivity index (χ2n) is 7.71. The number of anilines is 3. The highest BCUT2D eigenvalue weighted by molar-refractivity contribution is 7.15. The number of aryl methyl sites for hydroxylation is 1. The van der Waals surface area contributed by atoms with E-state index in [1.165, 1.54) is 11.3 Å². The number of oxazole rings is 1. The predicted octanol–water partition coefficient (Wildman–Crippen LogP) is 4.80. The Morgan fingerprint density at radius 1 is 1.30 bits per heavy atom. The van der Waals surface area contributed by atoms with E-state index >= 15 is 0 Å². The summed E-state index contributed by atoms with van der Waals surface area (Å²) in [5, 5.41) is 3.23. The van der Waals surface area contributed by atoms with Crippen molar-refractivity contribution in [3.05, 3.63) is 28.8 Å². The van der Waals surface area contributed by atoms with Gasteiger partial charge in [-0.25, -0.2) is 9.78 Å². The number of amides is 1. The third-order valence-corrected chi connectivity index (χ3v) is 5.02. The molecule has 0 spiro atoms. The van der Waals surface area contributed by atoms with E-state index in [-0.39, 0.29) is 0 Å². The van der Waals surface area contributed by atoms with E-state index in [0.717, 1.165) is 28.2 Å². The van der Waals surface area contributed by atoms with Crippen LogP contribution in [-0.2, 0) is 22.5 Å². The molecule has 0 fully saturated rings. The maximum absolute atomic E-state index is 12.0. The molecule has 162 valence electrons. The fourth-order valence-corrected chi connectivity index (χ4v) is 3.86. The van der Waals surface area contributed by atoms with Gasteiger partial charge < -0.3 is 14.1 Å². The van der Waals surface area contributed by atoms with Crippen molar-refractivity contribution in [1.82, 2.24) is 9.97 Å². The highest BCUT2D eigenvalue weighted by Crippen LogP contribution is 2.29. The van der Waals surface area contributed by atoms with Crippen molar-refractivity contribution in [3.63, 3.8) is 0 Å². The van der Waals surface area contributed by atoms with Crippen LogP contribution in [0.5, 0.6) is 0 Å². The van der Waals surface area contributed by atoms with Crippen LogP contribution in [0.2, 0.25) is 0 Å². The van der Waals surface area contributed by atoms with Crippen molar-refractivity contribution in [3.8, 4) is 0 Å². The number of fused-ring (bicyclic) bond motifs is 1. The van der Waals surface area contributed by atoms with Gasteiger partial charge in [0.1, 0.15) is 11.1 Å². The van der Waals surface area contributed by atoms with Crippen molar-refractivity contribution >= 4 is 45.4 Å². The van der Waals surface area contributed by atoms with Crippen molar-refractivity contribution in [2.24, 2.45) is 0 Å². The van der Waals surface area contributed by atoms with Crippen LogP contribution in [0.25, 0.3) is 11.1 Å². The quantitative estimate of drug-likeness (QED) is 0.512. The molecule has 2 N–H and O–H groups in total. The van der Waals surface area contributed by atoms with E-state index in [2.05, 4.69) is 20.8 Å². The number of hydrogen-bond acceptors (Lipinski definition) is 9. The van der Waals surface area contributed by atoms with Gasteiger partial charge in [0.15, 0.2) is 10.7 Å². The minimum Gasteiger partial charge on any atom is -0.444 e. The molecule has 3 aromatic rings. The number of nitrogens with one attached hydrogen (secondary N) is 2. The number of benzene rings is 1. The number of ether oxygens (including phenoxy) is 1. The Morgan fingerprint density at radius 3 is 2.73 bits per heavy atom.